The largest absolute Gasteiger partial charge is 0.360 e. The van der Waals surface area contributed by atoms with Gasteiger partial charge in [-0.3, -0.25) is 14.5 Å². The van der Waals surface area contributed by atoms with E-state index in [4.69, 9.17) is 4.52 Å². The van der Waals surface area contributed by atoms with Crippen LogP contribution in [-0.4, -0.2) is 32.4 Å². The maximum atomic E-state index is 12.0. The van der Waals surface area contributed by atoms with Crippen molar-refractivity contribution in [3.8, 4) is 11.4 Å². The topological polar surface area (TPSA) is 85.8 Å². The Morgan fingerprint density at radius 2 is 2.21 bits per heavy atom. The normalized spacial score (nSPS) is 13.8. The molecule has 0 bridgehead atoms. The molecule has 1 aliphatic rings. The van der Waals surface area contributed by atoms with Crippen LogP contribution in [0.3, 0.4) is 0 Å². The number of hydrogen-bond acceptors (Lipinski definition) is 5. The van der Waals surface area contributed by atoms with Crippen LogP contribution in [0.5, 0.6) is 0 Å². The van der Waals surface area contributed by atoms with E-state index in [0.29, 0.717) is 24.7 Å². The summed E-state index contributed by atoms with van der Waals surface area (Å²) in [6.45, 7) is 1.04. The van der Waals surface area contributed by atoms with Gasteiger partial charge in [0.05, 0.1) is 12.2 Å². The molecule has 0 aromatic carbocycles. The van der Waals surface area contributed by atoms with Crippen LogP contribution in [-0.2, 0) is 6.54 Å². The quantitative estimate of drug-likeness (QED) is 0.752. The highest BCUT2D eigenvalue weighted by atomic mass is 16.5. The first kappa shape index (κ1) is 14.6. The molecule has 24 heavy (non-hydrogen) atoms. The Hall–Kier alpha value is -2.96. The fourth-order valence-electron chi connectivity index (χ4n) is 2.47. The van der Waals surface area contributed by atoms with Crippen LogP contribution in [0.2, 0.25) is 0 Å². The Morgan fingerprint density at radius 3 is 3.00 bits per heavy atom. The molecular formula is C17H17N5O2. The molecule has 0 atom stereocenters. The molecule has 0 unspecified atom stereocenters. The molecule has 1 aliphatic carbocycles. The van der Waals surface area contributed by atoms with E-state index < -0.39 is 0 Å². The summed E-state index contributed by atoms with van der Waals surface area (Å²) in [5.74, 6) is 1.04. The number of pyridine rings is 1. The molecule has 7 nitrogen and oxygen atoms in total. The van der Waals surface area contributed by atoms with E-state index in [2.05, 4.69) is 20.6 Å². The van der Waals surface area contributed by atoms with Crippen molar-refractivity contribution in [1.29, 1.82) is 0 Å². The van der Waals surface area contributed by atoms with Gasteiger partial charge < -0.3 is 9.84 Å². The number of aromatic nitrogens is 4. The molecule has 0 radical (unpaired) electrons. The van der Waals surface area contributed by atoms with E-state index in [-0.39, 0.29) is 5.91 Å². The van der Waals surface area contributed by atoms with E-state index in [1.807, 2.05) is 30.5 Å². The van der Waals surface area contributed by atoms with Crippen LogP contribution in [0, 0.1) is 0 Å². The molecule has 3 aromatic heterocycles. The SMILES string of the molecule is O=C(NCCn1ccc(-c2ccccn2)n1)c1cc(C2CC2)on1. The maximum absolute atomic E-state index is 12.0. The van der Waals surface area contributed by atoms with Crippen molar-refractivity contribution in [2.24, 2.45) is 0 Å². The number of nitrogens with one attached hydrogen (secondary N) is 1. The monoisotopic (exact) mass is 323 g/mol. The smallest absolute Gasteiger partial charge is 0.273 e. The molecule has 1 amide bonds. The standard InChI is InChI=1S/C17H17N5O2/c23-17(15-11-16(24-21-15)12-4-5-12)19-8-10-22-9-6-14(20-22)13-3-1-2-7-18-13/h1-3,6-7,9,11-12H,4-5,8,10H2,(H,19,23). The number of amides is 1. The van der Waals surface area contributed by atoms with Crippen molar-refractivity contribution in [3.05, 3.63) is 54.2 Å². The maximum Gasteiger partial charge on any atom is 0.273 e. The van der Waals surface area contributed by atoms with E-state index >= 15 is 0 Å². The van der Waals surface area contributed by atoms with Crippen LogP contribution in [0.1, 0.15) is 35.0 Å². The minimum Gasteiger partial charge on any atom is -0.360 e. The van der Waals surface area contributed by atoms with Crippen LogP contribution < -0.4 is 5.32 Å². The first-order valence-corrected chi connectivity index (χ1v) is 7.99. The van der Waals surface area contributed by atoms with E-state index in [0.717, 1.165) is 30.0 Å². The molecule has 0 spiro atoms. The van der Waals surface area contributed by atoms with Crippen molar-refractivity contribution >= 4 is 5.91 Å². The summed E-state index contributed by atoms with van der Waals surface area (Å²) in [4.78, 5) is 16.3. The number of carbonyl (C=O) groups is 1. The lowest BCUT2D eigenvalue weighted by Gasteiger charge is -2.03. The molecule has 7 heteroatoms. The van der Waals surface area contributed by atoms with Gasteiger partial charge in [-0.2, -0.15) is 5.10 Å². The van der Waals surface area contributed by atoms with Crippen molar-refractivity contribution < 1.29 is 9.32 Å². The van der Waals surface area contributed by atoms with E-state index in [9.17, 15) is 4.79 Å². The Bertz CT molecular complexity index is 836. The van der Waals surface area contributed by atoms with Crippen molar-refractivity contribution in [1.82, 2.24) is 25.2 Å². The van der Waals surface area contributed by atoms with Crippen LogP contribution in [0.4, 0.5) is 0 Å². The third kappa shape index (κ3) is 3.19. The number of rotatable bonds is 6. The summed E-state index contributed by atoms with van der Waals surface area (Å²) in [5.41, 5.74) is 1.98. The Morgan fingerprint density at radius 1 is 1.29 bits per heavy atom. The van der Waals surface area contributed by atoms with Crippen molar-refractivity contribution in [2.75, 3.05) is 6.54 Å². The lowest BCUT2D eigenvalue weighted by molar-refractivity contribution is 0.0943. The summed E-state index contributed by atoms with van der Waals surface area (Å²) < 4.78 is 6.97. The van der Waals surface area contributed by atoms with E-state index in [1.165, 1.54) is 0 Å². The molecule has 1 fully saturated rings. The summed E-state index contributed by atoms with van der Waals surface area (Å²) >= 11 is 0. The molecule has 122 valence electrons. The number of hydrogen-bond donors (Lipinski definition) is 1. The van der Waals surface area contributed by atoms with Gasteiger partial charge in [-0.15, -0.1) is 0 Å². The van der Waals surface area contributed by atoms with E-state index in [1.54, 1.807) is 16.9 Å². The fourth-order valence-corrected chi connectivity index (χ4v) is 2.47. The lowest BCUT2D eigenvalue weighted by atomic mass is 10.3. The van der Waals surface area contributed by atoms with Crippen LogP contribution >= 0.6 is 0 Å². The summed E-state index contributed by atoms with van der Waals surface area (Å²) in [5, 5.41) is 11.1. The fraction of sp³-hybridized carbons (Fsp3) is 0.294. The molecule has 0 saturated heterocycles. The Kier molecular flexibility index (Phi) is 3.82. The van der Waals surface area contributed by atoms with Crippen LogP contribution in [0.25, 0.3) is 11.4 Å². The van der Waals surface area contributed by atoms with Gasteiger partial charge in [-0.25, -0.2) is 0 Å². The number of carbonyl (C=O) groups excluding carboxylic acids is 1. The average molecular weight is 323 g/mol. The minimum atomic E-state index is -0.220. The predicted molar refractivity (Wildman–Crippen MR) is 86.3 cm³/mol. The highest BCUT2D eigenvalue weighted by Gasteiger charge is 2.28. The van der Waals surface area contributed by atoms with Gasteiger partial charge in [0, 0.05) is 30.9 Å². The molecule has 0 aliphatic heterocycles. The summed E-state index contributed by atoms with van der Waals surface area (Å²) in [7, 11) is 0. The van der Waals surface area contributed by atoms with Crippen molar-refractivity contribution in [3.63, 3.8) is 0 Å². The zero-order valence-corrected chi connectivity index (χ0v) is 13.1. The van der Waals surface area contributed by atoms with Gasteiger partial charge >= 0.3 is 0 Å². The average Bonchev–Trinajstić information content (AvgIpc) is 3.16. The molecule has 3 heterocycles. The third-order valence-corrected chi connectivity index (χ3v) is 3.94. The molecule has 1 saturated carbocycles. The molecule has 4 rings (SSSR count). The Labute approximate surface area is 138 Å². The second-order valence-corrected chi connectivity index (χ2v) is 5.82. The highest BCUT2D eigenvalue weighted by Crippen LogP contribution is 2.40. The Balaban J connectivity index is 1.30. The molecule has 1 N–H and O–H groups in total. The second-order valence-electron chi connectivity index (χ2n) is 5.82. The lowest BCUT2D eigenvalue weighted by Crippen LogP contribution is -2.27. The van der Waals surface area contributed by atoms with Gasteiger partial charge in [-0.1, -0.05) is 11.2 Å². The first-order valence-electron chi connectivity index (χ1n) is 7.99. The first-order chi connectivity index (χ1) is 11.8. The van der Waals surface area contributed by atoms with Gasteiger partial charge in [0.15, 0.2) is 5.69 Å². The van der Waals surface area contributed by atoms with Gasteiger partial charge in [0.25, 0.3) is 5.91 Å². The van der Waals surface area contributed by atoms with Gasteiger partial charge in [0.1, 0.15) is 11.5 Å². The number of nitrogens with zero attached hydrogens (tertiary/aromatic N) is 4. The predicted octanol–water partition coefficient (Wildman–Crippen LogP) is 2.24. The molecule has 3 aromatic rings. The van der Waals surface area contributed by atoms with Gasteiger partial charge in [0.2, 0.25) is 0 Å². The van der Waals surface area contributed by atoms with Crippen molar-refractivity contribution in [2.45, 2.75) is 25.3 Å². The molecular weight excluding hydrogens is 306 g/mol. The van der Waals surface area contributed by atoms with Crippen LogP contribution in [0.15, 0.2) is 47.2 Å². The zero-order chi connectivity index (χ0) is 16.4. The minimum absolute atomic E-state index is 0.220. The third-order valence-electron chi connectivity index (χ3n) is 3.94. The summed E-state index contributed by atoms with van der Waals surface area (Å²) in [6, 6.07) is 9.35. The zero-order valence-electron chi connectivity index (χ0n) is 13.1. The highest BCUT2D eigenvalue weighted by molar-refractivity contribution is 5.92. The van der Waals surface area contributed by atoms with Gasteiger partial charge in [-0.05, 0) is 31.0 Å². The summed E-state index contributed by atoms with van der Waals surface area (Å²) in [6.07, 6.45) is 5.85. The second kappa shape index (κ2) is 6.27.